The third-order valence-electron chi connectivity index (χ3n) is 3.10. The number of benzene rings is 2. The molecule has 7 heteroatoms. The van der Waals surface area contributed by atoms with Gasteiger partial charge in [0, 0.05) is 0 Å². The first-order valence-electron chi connectivity index (χ1n) is 7.15. The number of para-hydroxylation sites is 4. The summed E-state index contributed by atoms with van der Waals surface area (Å²) in [6.07, 6.45) is -0.874. The van der Waals surface area contributed by atoms with Crippen LogP contribution in [-0.2, 0) is 4.79 Å². The number of carbonyl (C=O) groups excluding carboxylic acids is 1. The highest BCUT2D eigenvalue weighted by molar-refractivity contribution is 5.95. The molecule has 5 nitrogen and oxygen atoms in total. The van der Waals surface area contributed by atoms with Crippen molar-refractivity contribution >= 4 is 11.6 Å². The van der Waals surface area contributed by atoms with Crippen molar-refractivity contribution < 1.29 is 27.8 Å². The van der Waals surface area contributed by atoms with Crippen LogP contribution in [0.3, 0.4) is 0 Å². The lowest BCUT2D eigenvalue weighted by Crippen LogP contribution is -2.30. The van der Waals surface area contributed by atoms with Gasteiger partial charge in [-0.2, -0.15) is 8.78 Å². The Hall–Kier alpha value is -2.83. The smallest absolute Gasteiger partial charge is 0.387 e. The zero-order chi connectivity index (χ0) is 17.5. The van der Waals surface area contributed by atoms with Gasteiger partial charge in [-0.05, 0) is 31.2 Å². The Morgan fingerprint density at radius 1 is 0.958 bits per heavy atom. The molecule has 1 amide bonds. The van der Waals surface area contributed by atoms with Gasteiger partial charge in [-0.25, -0.2) is 0 Å². The lowest BCUT2D eigenvalue weighted by molar-refractivity contribution is -0.122. The highest BCUT2D eigenvalue weighted by atomic mass is 19.3. The zero-order valence-corrected chi connectivity index (χ0v) is 13.2. The molecule has 0 heterocycles. The van der Waals surface area contributed by atoms with Crippen LogP contribution in [0.15, 0.2) is 48.5 Å². The average Bonchev–Trinajstić information content (AvgIpc) is 2.56. The third-order valence-corrected chi connectivity index (χ3v) is 3.10. The molecule has 0 aliphatic rings. The maximum atomic E-state index is 12.4. The number of anilines is 1. The fraction of sp³-hybridized carbons (Fsp3) is 0.235. The minimum absolute atomic E-state index is 0.120. The molecule has 0 bridgehead atoms. The molecule has 2 aromatic carbocycles. The summed E-state index contributed by atoms with van der Waals surface area (Å²) >= 11 is 0. The van der Waals surface area contributed by atoms with Gasteiger partial charge in [0.2, 0.25) is 0 Å². The van der Waals surface area contributed by atoms with Crippen LogP contribution in [0.25, 0.3) is 0 Å². The second-order valence-corrected chi connectivity index (χ2v) is 4.77. The fourth-order valence-corrected chi connectivity index (χ4v) is 1.96. The van der Waals surface area contributed by atoms with Crippen LogP contribution >= 0.6 is 0 Å². The van der Waals surface area contributed by atoms with Crippen molar-refractivity contribution in [2.24, 2.45) is 0 Å². The second-order valence-electron chi connectivity index (χ2n) is 4.77. The second kappa shape index (κ2) is 8.14. The van der Waals surface area contributed by atoms with Crippen molar-refractivity contribution in [3.63, 3.8) is 0 Å². The average molecular weight is 337 g/mol. The van der Waals surface area contributed by atoms with E-state index in [1.165, 1.54) is 25.3 Å². The lowest BCUT2D eigenvalue weighted by Gasteiger charge is -2.17. The Balaban J connectivity index is 2.07. The van der Waals surface area contributed by atoms with Crippen molar-refractivity contribution in [3.05, 3.63) is 48.5 Å². The first-order chi connectivity index (χ1) is 11.5. The molecule has 2 rings (SSSR count). The normalized spacial score (nSPS) is 11.7. The summed E-state index contributed by atoms with van der Waals surface area (Å²) < 4.78 is 39.9. The Morgan fingerprint density at radius 3 is 2.17 bits per heavy atom. The Morgan fingerprint density at radius 2 is 1.54 bits per heavy atom. The number of nitrogens with one attached hydrogen (secondary N) is 1. The highest BCUT2D eigenvalue weighted by Gasteiger charge is 2.19. The molecular weight excluding hydrogens is 320 g/mol. The largest absolute Gasteiger partial charge is 0.493 e. The van der Waals surface area contributed by atoms with Gasteiger partial charge < -0.3 is 19.5 Å². The zero-order valence-electron chi connectivity index (χ0n) is 13.2. The summed E-state index contributed by atoms with van der Waals surface area (Å²) in [6.45, 7) is -1.44. The van der Waals surface area contributed by atoms with Gasteiger partial charge in [0.05, 0.1) is 12.8 Å². The van der Waals surface area contributed by atoms with Gasteiger partial charge in [0.15, 0.2) is 17.6 Å². The molecule has 1 atom stereocenters. The van der Waals surface area contributed by atoms with Gasteiger partial charge in [-0.1, -0.05) is 24.3 Å². The number of carbonyl (C=O) groups is 1. The van der Waals surface area contributed by atoms with Crippen molar-refractivity contribution in [1.29, 1.82) is 0 Å². The van der Waals surface area contributed by atoms with E-state index in [1.54, 1.807) is 37.3 Å². The van der Waals surface area contributed by atoms with Crippen LogP contribution in [-0.4, -0.2) is 25.7 Å². The molecular formula is C17H17F2NO4. The predicted octanol–water partition coefficient (Wildman–Crippen LogP) is 3.70. The van der Waals surface area contributed by atoms with E-state index in [0.29, 0.717) is 11.5 Å². The minimum atomic E-state index is -2.98. The first kappa shape index (κ1) is 17.5. The van der Waals surface area contributed by atoms with E-state index in [1.807, 2.05) is 0 Å². The molecule has 0 aromatic heterocycles. The fourth-order valence-electron chi connectivity index (χ4n) is 1.96. The highest BCUT2D eigenvalue weighted by Crippen LogP contribution is 2.28. The Kier molecular flexibility index (Phi) is 5.95. The van der Waals surface area contributed by atoms with Crippen LogP contribution in [0.5, 0.6) is 17.2 Å². The number of ether oxygens (including phenoxy) is 3. The minimum Gasteiger partial charge on any atom is -0.493 e. The summed E-state index contributed by atoms with van der Waals surface area (Å²) in [5.41, 5.74) is 0.137. The standard InChI is InChI=1S/C17H17F2NO4/c1-11(23-15-10-6-5-9-14(15)22-2)16(21)20-12-7-3-4-8-13(12)24-17(18)19/h3-11,17H,1-2H3,(H,20,21). The van der Waals surface area contributed by atoms with Crippen LogP contribution < -0.4 is 19.5 Å². The number of methoxy groups -OCH3 is 1. The summed E-state index contributed by atoms with van der Waals surface area (Å²) in [5, 5.41) is 2.51. The molecule has 0 aliphatic heterocycles. The maximum Gasteiger partial charge on any atom is 0.387 e. The topological polar surface area (TPSA) is 56.8 Å². The number of alkyl halides is 2. The predicted molar refractivity (Wildman–Crippen MR) is 84.8 cm³/mol. The van der Waals surface area contributed by atoms with E-state index in [9.17, 15) is 13.6 Å². The van der Waals surface area contributed by atoms with E-state index in [4.69, 9.17) is 9.47 Å². The molecule has 0 fully saturated rings. The summed E-state index contributed by atoms with van der Waals surface area (Å²) in [6, 6.07) is 12.8. The Labute approximate surface area is 138 Å². The number of rotatable bonds is 7. The lowest BCUT2D eigenvalue weighted by atomic mass is 10.2. The summed E-state index contributed by atoms with van der Waals surface area (Å²) in [5.74, 6) is 0.259. The SMILES string of the molecule is COc1ccccc1OC(C)C(=O)Nc1ccccc1OC(F)F. The third kappa shape index (κ3) is 4.58. The van der Waals surface area contributed by atoms with Gasteiger partial charge in [0.25, 0.3) is 5.91 Å². The maximum absolute atomic E-state index is 12.4. The monoisotopic (exact) mass is 337 g/mol. The molecule has 0 saturated carbocycles. The van der Waals surface area contributed by atoms with E-state index >= 15 is 0 Å². The van der Waals surface area contributed by atoms with Gasteiger partial charge >= 0.3 is 6.61 Å². The molecule has 24 heavy (non-hydrogen) atoms. The van der Waals surface area contributed by atoms with Crippen molar-refractivity contribution in [3.8, 4) is 17.2 Å². The van der Waals surface area contributed by atoms with Gasteiger partial charge in [-0.15, -0.1) is 0 Å². The van der Waals surface area contributed by atoms with Crippen LogP contribution in [0.4, 0.5) is 14.5 Å². The molecule has 1 unspecified atom stereocenters. The molecule has 2 aromatic rings. The number of amides is 1. The molecule has 0 aliphatic carbocycles. The molecule has 0 radical (unpaired) electrons. The quantitative estimate of drug-likeness (QED) is 0.837. The van der Waals surface area contributed by atoms with Crippen LogP contribution in [0.2, 0.25) is 0 Å². The number of hydrogen-bond acceptors (Lipinski definition) is 4. The summed E-state index contributed by atoms with van der Waals surface area (Å²) in [7, 11) is 1.49. The molecule has 1 N–H and O–H groups in total. The van der Waals surface area contributed by atoms with E-state index < -0.39 is 18.6 Å². The van der Waals surface area contributed by atoms with Crippen molar-refractivity contribution in [1.82, 2.24) is 0 Å². The van der Waals surface area contributed by atoms with Crippen molar-refractivity contribution in [2.75, 3.05) is 12.4 Å². The van der Waals surface area contributed by atoms with Gasteiger partial charge in [0.1, 0.15) is 5.75 Å². The molecule has 0 saturated heterocycles. The summed E-state index contributed by atoms with van der Waals surface area (Å²) in [4.78, 5) is 12.2. The number of hydrogen-bond donors (Lipinski definition) is 1. The van der Waals surface area contributed by atoms with Gasteiger partial charge in [-0.3, -0.25) is 4.79 Å². The first-order valence-corrected chi connectivity index (χ1v) is 7.15. The Bertz CT molecular complexity index is 694. The van der Waals surface area contributed by atoms with E-state index in [0.717, 1.165) is 0 Å². The van der Waals surface area contributed by atoms with Crippen LogP contribution in [0, 0.1) is 0 Å². The van der Waals surface area contributed by atoms with Crippen molar-refractivity contribution in [2.45, 2.75) is 19.6 Å². The molecule has 128 valence electrons. The molecule has 0 spiro atoms. The van der Waals surface area contributed by atoms with Crippen LogP contribution in [0.1, 0.15) is 6.92 Å². The number of halogens is 2. The van der Waals surface area contributed by atoms with E-state index in [2.05, 4.69) is 10.1 Å². The van der Waals surface area contributed by atoms with E-state index in [-0.39, 0.29) is 11.4 Å².